The lowest BCUT2D eigenvalue weighted by Gasteiger charge is -2.04. The van der Waals surface area contributed by atoms with E-state index in [1.165, 1.54) is 17.4 Å². The number of aryl methyl sites for hydroxylation is 1. The van der Waals surface area contributed by atoms with Gasteiger partial charge in [0.1, 0.15) is 5.82 Å². The van der Waals surface area contributed by atoms with Gasteiger partial charge in [0.25, 0.3) is 5.91 Å². The van der Waals surface area contributed by atoms with Crippen molar-refractivity contribution in [1.29, 1.82) is 0 Å². The number of thiazole rings is 1. The number of carbonyl (C=O) groups excluding carboxylic acids is 1. The lowest BCUT2D eigenvalue weighted by Crippen LogP contribution is -2.14. The van der Waals surface area contributed by atoms with Crippen LogP contribution in [0.5, 0.6) is 0 Å². The third kappa shape index (κ3) is 2.68. The number of rotatable bonds is 3. The van der Waals surface area contributed by atoms with Gasteiger partial charge < -0.3 is 0 Å². The number of hydrogen-bond donors (Lipinski definition) is 1. The van der Waals surface area contributed by atoms with Gasteiger partial charge in [-0.2, -0.15) is 0 Å². The maximum absolute atomic E-state index is 13.7. The van der Waals surface area contributed by atoms with E-state index in [9.17, 15) is 9.18 Å². The van der Waals surface area contributed by atoms with Gasteiger partial charge in [0.05, 0.1) is 17.1 Å². The highest BCUT2D eigenvalue weighted by Crippen LogP contribution is 2.19. The van der Waals surface area contributed by atoms with Gasteiger partial charge in [-0.25, -0.2) is 9.37 Å². The molecule has 2 rings (SSSR count). The molecule has 0 saturated heterocycles. The molecule has 18 heavy (non-hydrogen) atoms. The fourth-order valence-corrected chi connectivity index (χ4v) is 2.35. The molecule has 0 bridgehead atoms. The first-order valence-electron chi connectivity index (χ1n) is 5.18. The number of carbonyl (C=O) groups is 1. The number of aromatic nitrogens is 1. The molecule has 0 saturated carbocycles. The summed E-state index contributed by atoms with van der Waals surface area (Å²) < 4.78 is 13.7. The summed E-state index contributed by atoms with van der Waals surface area (Å²) in [6, 6.07) is 4.69. The van der Waals surface area contributed by atoms with Crippen molar-refractivity contribution >= 4 is 34.0 Å². The molecule has 94 valence electrons. The van der Waals surface area contributed by atoms with E-state index < -0.39 is 11.7 Å². The number of benzene rings is 1. The summed E-state index contributed by atoms with van der Waals surface area (Å²) >= 11 is 6.87. The van der Waals surface area contributed by atoms with Gasteiger partial charge in [0.2, 0.25) is 0 Å². The van der Waals surface area contributed by atoms with Crippen LogP contribution in [-0.4, -0.2) is 10.9 Å². The van der Waals surface area contributed by atoms with Crippen molar-refractivity contribution in [3.63, 3.8) is 0 Å². The fourth-order valence-electron chi connectivity index (χ4n) is 1.41. The Hall–Kier alpha value is -1.46. The normalized spacial score (nSPS) is 10.4. The third-order valence-corrected chi connectivity index (χ3v) is 3.43. The summed E-state index contributed by atoms with van der Waals surface area (Å²) in [5.41, 5.74) is 1.13. The maximum atomic E-state index is 13.7. The van der Waals surface area contributed by atoms with E-state index in [4.69, 9.17) is 11.6 Å². The van der Waals surface area contributed by atoms with Crippen molar-refractivity contribution in [2.24, 2.45) is 0 Å². The van der Waals surface area contributed by atoms with E-state index in [1.54, 1.807) is 24.4 Å². The van der Waals surface area contributed by atoms with Gasteiger partial charge in [-0.15, -0.1) is 22.9 Å². The summed E-state index contributed by atoms with van der Waals surface area (Å²) in [4.78, 5) is 15.9. The van der Waals surface area contributed by atoms with Crippen molar-refractivity contribution in [2.75, 3.05) is 5.32 Å². The molecule has 0 radical (unpaired) electrons. The summed E-state index contributed by atoms with van der Waals surface area (Å²) in [6.45, 7) is 1.61. The number of anilines is 1. The Morgan fingerprint density at radius 2 is 2.33 bits per heavy atom. The van der Waals surface area contributed by atoms with Crippen LogP contribution in [0.2, 0.25) is 0 Å². The van der Waals surface area contributed by atoms with Gasteiger partial charge in [-0.3, -0.25) is 10.1 Å². The van der Waals surface area contributed by atoms with E-state index in [1.807, 2.05) is 0 Å². The molecule has 1 heterocycles. The topological polar surface area (TPSA) is 42.0 Å². The van der Waals surface area contributed by atoms with Crippen molar-refractivity contribution in [1.82, 2.24) is 4.98 Å². The maximum Gasteiger partial charge on any atom is 0.260 e. The van der Waals surface area contributed by atoms with Crippen LogP contribution in [0.15, 0.2) is 23.6 Å². The van der Waals surface area contributed by atoms with Crippen LogP contribution in [0.4, 0.5) is 9.52 Å². The molecule has 1 aromatic carbocycles. The second-order valence-electron chi connectivity index (χ2n) is 3.67. The standard InChI is InChI=1S/C12H10ClFN2OS/c1-7-3-2-4-9(10(7)14)11(17)16-12-15-8(5-13)6-18-12/h2-4,6H,5H2,1H3,(H,15,16,17). The predicted octanol–water partition coefficient (Wildman–Crippen LogP) is 3.58. The molecule has 0 atom stereocenters. The average Bonchev–Trinajstić information content (AvgIpc) is 2.80. The van der Waals surface area contributed by atoms with Crippen molar-refractivity contribution in [3.05, 3.63) is 46.2 Å². The van der Waals surface area contributed by atoms with Crippen LogP contribution in [0.1, 0.15) is 21.6 Å². The number of amides is 1. The zero-order chi connectivity index (χ0) is 13.1. The molecular formula is C12H10ClFN2OS. The van der Waals surface area contributed by atoms with Crippen LogP contribution in [-0.2, 0) is 5.88 Å². The first-order valence-corrected chi connectivity index (χ1v) is 6.60. The van der Waals surface area contributed by atoms with Crippen LogP contribution >= 0.6 is 22.9 Å². The van der Waals surface area contributed by atoms with Crippen LogP contribution in [0.3, 0.4) is 0 Å². The highest BCUT2D eigenvalue weighted by molar-refractivity contribution is 7.14. The van der Waals surface area contributed by atoms with Crippen LogP contribution < -0.4 is 5.32 Å². The number of hydrogen-bond acceptors (Lipinski definition) is 3. The van der Waals surface area contributed by atoms with Crippen molar-refractivity contribution < 1.29 is 9.18 Å². The van der Waals surface area contributed by atoms with Crippen LogP contribution in [0, 0.1) is 12.7 Å². The molecule has 0 aliphatic heterocycles. The molecule has 0 unspecified atom stereocenters. The summed E-state index contributed by atoms with van der Waals surface area (Å²) in [6.07, 6.45) is 0. The highest BCUT2D eigenvalue weighted by Gasteiger charge is 2.14. The smallest absolute Gasteiger partial charge is 0.260 e. The van der Waals surface area contributed by atoms with Crippen molar-refractivity contribution in [3.8, 4) is 0 Å². The lowest BCUT2D eigenvalue weighted by atomic mass is 10.1. The summed E-state index contributed by atoms with van der Waals surface area (Å²) in [5.74, 6) is -0.735. The zero-order valence-corrected chi connectivity index (χ0v) is 11.1. The van der Waals surface area contributed by atoms with Gasteiger partial charge >= 0.3 is 0 Å². The minimum absolute atomic E-state index is 0.0117. The number of alkyl halides is 1. The Morgan fingerprint density at radius 3 is 3.00 bits per heavy atom. The Morgan fingerprint density at radius 1 is 1.56 bits per heavy atom. The lowest BCUT2D eigenvalue weighted by molar-refractivity contribution is 0.102. The fraction of sp³-hybridized carbons (Fsp3) is 0.167. The minimum Gasteiger partial charge on any atom is -0.298 e. The van der Waals surface area contributed by atoms with Gasteiger partial charge in [-0.05, 0) is 18.6 Å². The second-order valence-corrected chi connectivity index (χ2v) is 4.79. The number of halogens is 2. The molecule has 0 aliphatic carbocycles. The molecular weight excluding hydrogens is 275 g/mol. The number of nitrogens with zero attached hydrogens (tertiary/aromatic N) is 1. The monoisotopic (exact) mass is 284 g/mol. The molecule has 6 heteroatoms. The first-order chi connectivity index (χ1) is 8.61. The predicted molar refractivity (Wildman–Crippen MR) is 70.8 cm³/mol. The van der Waals surface area contributed by atoms with E-state index in [0.29, 0.717) is 16.4 Å². The molecule has 2 aromatic rings. The second kappa shape index (κ2) is 5.46. The highest BCUT2D eigenvalue weighted by atomic mass is 35.5. The molecule has 1 aromatic heterocycles. The summed E-state index contributed by atoms with van der Waals surface area (Å²) in [7, 11) is 0. The van der Waals surface area contributed by atoms with E-state index in [-0.39, 0.29) is 11.4 Å². The zero-order valence-electron chi connectivity index (χ0n) is 9.54. The van der Waals surface area contributed by atoms with E-state index in [0.717, 1.165) is 0 Å². The molecule has 1 N–H and O–H groups in total. The Kier molecular flexibility index (Phi) is 3.93. The first kappa shape index (κ1) is 13.0. The van der Waals surface area contributed by atoms with E-state index in [2.05, 4.69) is 10.3 Å². The van der Waals surface area contributed by atoms with Gasteiger partial charge in [-0.1, -0.05) is 12.1 Å². The SMILES string of the molecule is Cc1cccc(C(=O)Nc2nc(CCl)cs2)c1F. The Labute approximate surface area is 113 Å². The quantitative estimate of drug-likeness (QED) is 0.875. The van der Waals surface area contributed by atoms with Gasteiger partial charge in [0.15, 0.2) is 5.13 Å². The molecule has 0 aliphatic rings. The van der Waals surface area contributed by atoms with E-state index >= 15 is 0 Å². The Bertz CT molecular complexity index is 585. The third-order valence-electron chi connectivity index (χ3n) is 2.35. The minimum atomic E-state index is -0.510. The van der Waals surface area contributed by atoms with Gasteiger partial charge in [0, 0.05) is 5.38 Å². The molecule has 0 fully saturated rings. The largest absolute Gasteiger partial charge is 0.298 e. The summed E-state index contributed by atoms with van der Waals surface area (Å²) in [5, 5.41) is 4.71. The van der Waals surface area contributed by atoms with Crippen LogP contribution in [0.25, 0.3) is 0 Å². The molecule has 3 nitrogen and oxygen atoms in total. The molecule has 0 spiro atoms. The molecule has 1 amide bonds. The Balaban J connectivity index is 2.19. The van der Waals surface area contributed by atoms with Crippen molar-refractivity contribution in [2.45, 2.75) is 12.8 Å². The number of nitrogens with one attached hydrogen (secondary N) is 1. The average molecular weight is 285 g/mol.